The summed E-state index contributed by atoms with van der Waals surface area (Å²) in [5.41, 5.74) is 2.75. The van der Waals surface area contributed by atoms with Gasteiger partial charge >= 0.3 is 12.5 Å². The van der Waals surface area contributed by atoms with Crippen LogP contribution >= 0.6 is 0 Å². The van der Waals surface area contributed by atoms with Gasteiger partial charge in [0.2, 0.25) is 0 Å². The molecule has 7 heteroatoms. The predicted octanol–water partition coefficient (Wildman–Crippen LogP) is 4.90. The van der Waals surface area contributed by atoms with Crippen LogP contribution in [0.15, 0.2) is 42.5 Å². The third-order valence-corrected chi connectivity index (χ3v) is 4.18. The van der Waals surface area contributed by atoms with Crippen LogP contribution in [0.3, 0.4) is 0 Å². The Balaban J connectivity index is 1.97. The molecule has 1 aliphatic carbocycles. The summed E-state index contributed by atoms with van der Waals surface area (Å²) >= 11 is 0. The molecule has 2 N–H and O–H groups in total. The summed E-state index contributed by atoms with van der Waals surface area (Å²) in [5, 5.41) is 11.4. The number of ether oxygens (including phenoxy) is 1. The molecule has 2 aromatic carbocycles. The minimum absolute atomic E-state index is 0.258. The summed E-state index contributed by atoms with van der Waals surface area (Å²) in [6.45, 7) is 0. The van der Waals surface area contributed by atoms with Gasteiger partial charge in [0.25, 0.3) is 0 Å². The Bertz CT molecular complexity index is 789. The van der Waals surface area contributed by atoms with Gasteiger partial charge in [-0.1, -0.05) is 36.4 Å². The van der Waals surface area contributed by atoms with Crippen molar-refractivity contribution in [2.24, 2.45) is 0 Å². The molecule has 132 valence electrons. The maximum Gasteiger partial charge on any atom is 0.573 e. The molecule has 1 aliphatic rings. The standard InChI is InChI=1S/C18H16F3NO3/c19-18(20,21)25-16-7-2-1-5-14(16)12-8-9-13-11(10-12)4-3-6-15(13)22-17(23)24/h1-2,5,7-10,15,22H,3-4,6H2,(H,23,24). The second kappa shape index (κ2) is 6.66. The van der Waals surface area contributed by atoms with E-state index in [-0.39, 0.29) is 11.8 Å². The fourth-order valence-corrected chi connectivity index (χ4v) is 3.20. The second-order valence-corrected chi connectivity index (χ2v) is 5.85. The molecule has 0 spiro atoms. The van der Waals surface area contributed by atoms with Gasteiger partial charge in [-0.05, 0) is 42.0 Å². The first-order valence-corrected chi connectivity index (χ1v) is 7.81. The molecule has 0 heterocycles. The van der Waals surface area contributed by atoms with Gasteiger partial charge in [-0.3, -0.25) is 0 Å². The largest absolute Gasteiger partial charge is 0.573 e. The Morgan fingerprint density at radius 1 is 1.20 bits per heavy atom. The van der Waals surface area contributed by atoms with Crippen molar-refractivity contribution < 1.29 is 27.8 Å². The zero-order valence-electron chi connectivity index (χ0n) is 13.1. The number of carbonyl (C=O) groups is 1. The van der Waals surface area contributed by atoms with Crippen LogP contribution in [0.5, 0.6) is 5.75 Å². The molecule has 1 atom stereocenters. The number of hydrogen-bond donors (Lipinski definition) is 2. The number of hydrogen-bond acceptors (Lipinski definition) is 2. The van der Waals surface area contributed by atoms with Crippen molar-refractivity contribution in [3.8, 4) is 16.9 Å². The predicted molar refractivity (Wildman–Crippen MR) is 85.4 cm³/mol. The van der Waals surface area contributed by atoms with Crippen molar-refractivity contribution in [3.63, 3.8) is 0 Å². The highest BCUT2D eigenvalue weighted by Crippen LogP contribution is 2.37. The van der Waals surface area contributed by atoms with E-state index in [4.69, 9.17) is 5.11 Å². The van der Waals surface area contributed by atoms with Crippen LogP contribution in [0.4, 0.5) is 18.0 Å². The van der Waals surface area contributed by atoms with Gasteiger partial charge in [0.05, 0.1) is 6.04 Å². The van der Waals surface area contributed by atoms with Crippen LogP contribution in [-0.2, 0) is 6.42 Å². The van der Waals surface area contributed by atoms with Crippen molar-refractivity contribution in [3.05, 3.63) is 53.6 Å². The summed E-state index contributed by atoms with van der Waals surface area (Å²) < 4.78 is 41.9. The topological polar surface area (TPSA) is 58.6 Å². The van der Waals surface area contributed by atoms with Crippen molar-refractivity contribution in [2.45, 2.75) is 31.7 Å². The first-order valence-electron chi connectivity index (χ1n) is 7.81. The lowest BCUT2D eigenvalue weighted by atomic mass is 9.85. The average molecular weight is 351 g/mol. The van der Waals surface area contributed by atoms with E-state index in [0.29, 0.717) is 17.5 Å². The SMILES string of the molecule is O=C(O)NC1CCCc2cc(-c3ccccc3OC(F)(F)F)ccc21. The molecule has 25 heavy (non-hydrogen) atoms. The minimum Gasteiger partial charge on any atom is -0.465 e. The van der Waals surface area contributed by atoms with Gasteiger partial charge in [-0.2, -0.15) is 0 Å². The number of amides is 1. The van der Waals surface area contributed by atoms with Crippen LogP contribution in [0.1, 0.15) is 30.0 Å². The van der Waals surface area contributed by atoms with Crippen molar-refractivity contribution >= 4 is 6.09 Å². The van der Waals surface area contributed by atoms with Crippen molar-refractivity contribution in [1.29, 1.82) is 0 Å². The minimum atomic E-state index is -4.76. The van der Waals surface area contributed by atoms with E-state index in [9.17, 15) is 18.0 Å². The molecule has 0 radical (unpaired) electrons. The van der Waals surface area contributed by atoms with Gasteiger partial charge in [-0.25, -0.2) is 4.79 Å². The molecule has 0 saturated heterocycles. The first kappa shape index (κ1) is 17.1. The number of benzene rings is 2. The zero-order chi connectivity index (χ0) is 18.0. The highest BCUT2D eigenvalue weighted by molar-refractivity contribution is 5.72. The number of aryl methyl sites for hydroxylation is 1. The molecular weight excluding hydrogens is 335 g/mol. The summed E-state index contributed by atoms with van der Waals surface area (Å²) in [5.74, 6) is -0.258. The summed E-state index contributed by atoms with van der Waals surface area (Å²) in [6, 6.07) is 11.0. The van der Waals surface area contributed by atoms with E-state index in [1.165, 1.54) is 12.1 Å². The Hall–Kier alpha value is -2.70. The molecule has 2 aromatic rings. The molecule has 0 aromatic heterocycles. The number of rotatable bonds is 3. The second-order valence-electron chi connectivity index (χ2n) is 5.85. The van der Waals surface area contributed by atoms with Crippen LogP contribution < -0.4 is 10.1 Å². The number of para-hydroxylation sites is 1. The summed E-state index contributed by atoms with van der Waals surface area (Å²) in [6.07, 6.45) is -3.59. The molecule has 0 fully saturated rings. The molecule has 4 nitrogen and oxygen atoms in total. The quantitative estimate of drug-likeness (QED) is 0.827. The monoisotopic (exact) mass is 351 g/mol. The third kappa shape index (κ3) is 4.04. The Labute approximate surface area is 142 Å². The third-order valence-electron chi connectivity index (χ3n) is 4.18. The van der Waals surface area contributed by atoms with Crippen LogP contribution in [0, 0.1) is 0 Å². The Morgan fingerprint density at radius 2 is 1.96 bits per heavy atom. The summed E-state index contributed by atoms with van der Waals surface area (Å²) in [7, 11) is 0. The maximum atomic E-state index is 12.6. The van der Waals surface area contributed by atoms with E-state index < -0.39 is 12.5 Å². The molecule has 1 unspecified atom stereocenters. The van der Waals surface area contributed by atoms with Crippen LogP contribution in [0.25, 0.3) is 11.1 Å². The fourth-order valence-electron chi connectivity index (χ4n) is 3.20. The van der Waals surface area contributed by atoms with Gasteiger partial charge in [0.1, 0.15) is 5.75 Å². The van der Waals surface area contributed by atoms with Crippen LogP contribution in [0.2, 0.25) is 0 Å². The Morgan fingerprint density at radius 3 is 2.68 bits per heavy atom. The molecule has 1 amide bonds. The molecule has 3 rings (SSSR count). The number of alkyl halides is 3. The highest BCUT2D eigenvalue weighted by Gasteiger charge is 2.32. The van der Waals surface area contributed by atoms with Crippen molar-refractivity contribution in [1.82, 2.24) is 5.32 Å². The zero-order valence-corrected chi connectivity index (χ0v) is 13.1. The van der Waals surface area contributed by atoms with Gasteiger partial charge < -0.3 is 15.2 Å². The first-order chi connectivity index (χ1) is 11.8. The fraction of sp³-hybridized carbons (Fsp3) is 0.278. The molecule has 0 saturated carbocycles. The number of halogens is 3. The van der Waals surface area contributed by atoms with E-state index >= 15 is 0 Å². The normalized spacial score (nSPS) is 16.8. The lowest BCUT2D eigenvalue weighted by Crippen LogP contribution is -2.29. The van der Waals surface area contributed by atoms with Gasteiger partial charge in [0.15, 0.2) is 0 Å². The van der Waals surface area contributed by atoms with Crippen LogP contribution in [-0.4, -0.2) is 17.6 Å². The smallest absolute Gasteiger partial charge is 0.465 e. The van der Waals surface area contributed by atoms with Gasteiger partial charge in [-0.15, -0.1) is 13.2 Å². The highest BCUT2D eigenvalue weighted by atomic mass is 19.4. The number of nitrogens with one attached hydrogen (secondary N) is 1. The number of carboxylic acid groups (broad SMARTS) is 1. The average Bonchev–Trinajstić information content (AvgIpc) is 2.53. The maximum absolute atomic E-state index is 12.6. The molecular formula is C18H16F3NO3. The van der Waals surface area contributed by atoms with Gasteiger partial charge in [0, 0.05) is 5.56 Å². The lowest BCUT2D eigenvalue weighted by molar-refractivity contribution is -0.274. The lowest BCUT2D eigenvalue weighted by Gasteiger charge is -2.26. The molecule has 0 aliphatic heterocycles. The summed E-state index contributed by atoms with van der Waals surface area (Å²) in [4.78, 5) is 10.9. The van der Waals surface area contributed by atoms with E-state index in [1.807, 2.05) is 6.07 Å². The number of fused-ring (bicyclic) bond motifs is 1. The van der Waals surface area contributed by atoms with E-state index in [2.05, 4.69) is 10.1 Å². The molecule has 0 bridgehead atoms. The van der Waals surface area contributed by atoms with E-state index in [1.54, 1.807) is 24.3 Å². The van der Waals surface area contributed by atoms with Crippen molar-refractivity contribution in [2.75, 3.05) is 0 Å². The Kier molecular flexibility index (Phi) is 4.57. The van der Waals surface area contributed by atoms with E-state index in [0.717, 1.165) is 24.0 Å².